The number of benzene rings is 3. The predicted octanol–water partition coefficient (Wildman–Crippen LogP) is 5.00. The van der Waals surface area contributed by atoms with Crippen LogP contribution in [0.25, 0.3) is 0 Å². The SMILES string of the molecule is CCCNC(=O)[C@@H](Cc1ccccc1)N(Cc1cccc(Br)c1)C(=O)CN(c1ccc(C)c(C)c1)S(C)(=O)=O. The molecule has 0 saturated carbocycles. The third kappa shape index (κ3) is 8.66. The molecule has 0 fully saturated rings. The molecular weight excluding hydrogens is 578 g/mol. The van der Waals surface area contributed by atoms with E-state index >= 15 is 0 Å². The van der Waals surface area contributed by atoms with Crippen LogP contribution in [0.4, 0.5) is 5.69 Å². The van der Waals surface area contributed by atoms with Crippen molar-refractivity contribution in [1.29, 1.82) is 0 Å². The van der Waals surface area contributed by atoms with Crippen molar-refractivity contribution >= 4 is 43.5 Å². The van der Waals surface area contributed by atoms with Gasteiger partial charge in [-0.1, -0.05) is 71.4 Å². The lowest BCUT2D eigenvalue weighted by atomic mass is 10.0. The average molecular weight is 615 g/mol. The van der Waals surface area contributed by atoms with Crippen molar-refractivity contribution < 1.29 is 18.0 Å². The van der Waals surface area contributed by atoms with Gasteiger partial charge in [0.2, 0.25) is 21.8 Å². The highest BCUT2D eigenvalue weighted by atomic mass is 79.9. The number of aryl methyl sites for hydroxylation is 2. The molecule has 2 amide bonds. The number of hydrogen-bond donors (Lipinski definition) is 1. The second kappa shape index (κ2) is 13.8. The summed E-state index contributed by atoms with van der Waals surface area (Å²) < 4.78 is 27.7. The highest BCUT2D eigenvalue weighted by Crippen LogP contribution is 2.23. The number of halogens is 1. The summed E-state index contributed by atoms with van der Waals surface area (Å²) in [4.78, 5) is 29.1. The largest absolute Gasteiger partial charge is 0.354 e. The van der Waals surface area contributed by atoms with Gasteiger partial charge in [-0.15, -0.1) is 0 Å². The Labute approximate surface area is 240 Å². The molecule has 0 spiro atoms. The summed E-state index contributed by atoms with van der Waals surface area (Å²) in [5.74, 6) is -0.743. The molecular formula is C30H36BrN3O4S. The predicted molar refractivity (Wildman–Crippen MR) is 160 cm³/mol. The van der Waals surface area contributed by atoms with E-state index in [1.807, 2.05) is 81.4 Å². The van der Waals surface area contributed by atoms with E-state index in [4.69, 9.17) is 0 Å². The van der Waals surface area contributed by atoms with E-state index in [0.717, 1.165) is 43.7 Å². The summed E-state index contributed by atoms with van der Waals surface area (Å²) in [5, 5.41) is 2.94. The number of nitrogens with one attached hydrogen (secondary N) is 1. The van der Waals surface area contributed by atoms with Gasteiger partial charge < -0.3 is 10.2 Å². The number of nitrogens with zero attached hydrogens (tertiary/aromatic N) is 2. The van der Waals surface area contributed by atoms with Crippen molar-refractivity contribution in [3.8, 4) is 0 Å². The summed E-state index contributed by atoms with van der Waals surface area (Å²) >= 11 is 3.48. The van der Waals surface area contributed by atoms with E-state index in [2.05, 4.69) is 21.2 Å². The van der Waals surface area contributed by atoms with Crippen LogP contribution in [0.1, 0.15) is 35.6 Å². The molecule has 9 heteroatoms. The van der Waals surface area contributed by atoms with E-state index in [0.29, 0.717) is 18.7 Å². The van der Waals surface area contributed by atoms with Crippen LogP contribution in [-0.2, 0) is 32.6 Å². The molecule has 0 bridgehead atoms. The second-order valence-electron chi connectivity index (χ2n) is 9.69. The minimum Gasteiger partial charge on any atom is -0.354 e. The van der Waals surface area contributed by atoms with E-state index in [1.54, 1.807) is 12.1 Å². The Kier molecular flexibility index (Phi) is 10.7. The lowest BCUT2D eigenvalue weighted by molar-refractivity contribution is -0.140. The van der Waals surface area contributed by atoms with Gasteiger partial charge in [0.05, 0.1) is 11.9 Å². The van der Waals surface area contributed by atoms with E-state index < -0.39 is 28.5 Å². The maximum absolute atomic E-state index is 14.1. The standard InChI is InChI=1S/C30H36BrN3O4S/c1-5-16-32-30(36)28(19-24-10-7-6-8-11-24)33(20-25-12-9-13-26(31)18-25)29(35)21-34(39(4,37)38)27-15-14-22(2)23(3)17-27/h6-15,17-18,28H,5,16,19-21H2,1-4H3,(H,32,36)/t28-/m1/s1. The quantitative estimate of drug-likeness (QED) is 0.311. The smallest absolute Gasteiger partial charge is 0.244 e. The van der Waals surface area contributed by atoms with Crippen molar-refractivity contribution in [2.45, 2.75) is 46.2 Å². The van der Waals surface area contributed by atoms with Crippen LogP contribution in [0.15, 0.2) is 77.3 Å². The normalized spacial score (nSPS) is 12.0. The zero-order valence-corrected chi connectivity index (χ0v) is 25.3. The molecule has 0 aliphatic carbocycles. The van der Waals surface area contributed by atoms with Crippen LogP contribution < -0.4 is 9.62 Å². The summed E-state index contributed by atoms with van der Waals surface area (Å²) in [6.07, 6.45) is 2.13. The molecule has 0 aliphatic heterocycles. The molecule has 0 aromatic heterocycles. The molecule has 0 unspecified atom stereocenters. The minimum atomic E-state index is -3.80. The Bertz CT molecular complexity index is 1400. The summed E-state index contributed by atoms with van der Waals surface area (Å²) in [7, 11) is -3.80. The van der Waals surface area contributed by atoms with E-state index in [1.165, 1.54) is 4.90 Å². The Morgan fingerprint density at radius 3 is 2.23 bits per heavy atom. The Balaban J connectivity index is 2.05. The Hall–Kier alpha value is -3.17. The zero-order chi connectivity index (χ0) is 28.6. The molecule has 39 heavy (non-hydrogen) atoms. The maximum Gasteiger partial charge on any atom is 0.244 e. The fourth-order valence-electron chi connectivity index (χ4n) is 4.25. The molecule has 3 rings (SSSR count). The summed E-state index contributed by atoms with van der Waals surface area (Å²) in [6.45, 7) is 5.99. The van der Waals surface area contributed by atoms with E-state index in [9.17, 15) is 18.0 Å². The molecule has 0 aliphatic rings. The van der Waals surface area contributed by atoms with Crippen LogP contribution in [0, 0.1) is 13.8 Å². The first-order chi connectivity index (χ1) is 18.5. The van der Waals surface area contributed by atoms with Crippen molar-refractivity contribution in [2.75, 3.05) is 23.7 Å². The molecule has 3 aromatic carbocycles. The highest BCUT2D eigenvalue weighted by molar-refractivity contribution is 9.10. The monoisotopic (exact) mass is 613 g/mol. The molecule has 208 valence electrons. The van der Waals surface area contributed by atoms with Crippen molar-refractivity contribution in [1.82, 2.24) is 10.2 Å². The number of amides is 2. The van der Waals surface area contributed by atoms with Gasteiger partial charge in [-0.25, -0.2) is 8.42 Å². The van der Waals surface area contributed by atoms with Gasteiger partial charge in [0.1, 0.15) is 12.6 Å². The molecule has 0 heterocycles. The molecule has 0 saturated heterocycles. The Morgan fingerprint density at radius 2 is 1.62 bits per heavy atom. The number of carbonyl (C=O) groups excluding carboxylic acids is 2. The third-order valence-corrected chi connectivity index (χ3v) is 8.15. The molecule has 1 N–H and O–H groups in total. The maximum atomic E-state index is 14.1. The second-order valence-corrected chi connectivity index (χ2v) is 12.5. The number of hydrogen-bond acceptors (Lipinski definition) is 4. The van der Waals surface area contributed by atoms with Crippen LogP contribution in [-0.4, -0.2) is 50.5 Å². The number of anilines is 1. The van der Waals surface area contributed by atoms with E-state index in [-0.39, 0.29) is 12.5 Å². The van der Waals surface area contributed by atoms with Crippen molar-refractivity contribution in [3.05, 3.63) is 99.5 Å². The molecule has 7 nitrogen and oxygen atoms in total. The van der Waals surface area contributed by atoms with Crippen molar-refractivity contribution in [2.24, 2.45) is 0 Å². The first-order valence-corrected chi connectivity index (χ1v) is 15.5. The first kappa shape index (κ1) is 30.4. The fraction of sp³-hybridized carbons (Fsp3) is 0.333. The van der Waals surface area contributed by atoms with Gasteiger partial charge >= 0.3 is 0 Å². The van der Waals surface area contributed by atoms with Gasteiger partial charge in [0.25, 0.3) is 0 Å². The minimum absolute atomic E-state index is 0.139. The van der Waals surface area contributed by atoms with Crippen molar-refractivity contribution in [3.63, 3.8) is 0 Å². The highest BCUT2D eigenvalue weighted by Gasteiger charge is 2.33. The third-order valence-electron chi connectivity index (χ3n) is 6.52. The lowest BCUT2D eigenvalue weighted by Gasteiger charge is -2.33. The fourth-order valence-corrected chi connectivity index (χ4v) is 5.53. The van der Waals surface area contributed by atoms with Gasteiger partial charge in [0, 0.05) is 24.0 Å². The number of sulfonamides is 1. The molecule has 0 radical (unpaired) electrons. The Morgan fingerprint density at radius 1 is 0.923 bits per heavy atom. The molecule has 1 atom stereocenters. The molecule has 3 aromatic rings. The van der Waals surface area contributed by atoms with Gasteiger partial charge in [-0.05, 0) is 66.8 Å². The van der Waals surface area contributed by atoms with Crippen LogP contribution in [0.5, 0.6) is 0 Å². The van der Waals surface area contributed by atoms with Crippen LogP contribution in [0.3, 0.4) is 0 Å². The number of carbonyl (C=O) groups is 2. The van der Waals surface area contributed by atoms with Crippen LogP contribution >= 0.6 is 15.9 Å². The lowest BCUT2D eigenvalue weighted by Crippen LogP contribution is -2.53. The number of rotatable bonds is 12. The topological polar surface area (TPSA) is 86.8 Å². The van der Waals surface area contributed by atoms with Gasteiger partial charge in [-0.3, -0.25) is 13.9 Å². The zero-order valence-electron chi connectivity index (χ0n) is 22.9. The van der Waals surface area contributed by atoms with Gasteiger partial charge in [0.15, 0.2) is 0 Å². The average Bonchev–Trinajstić information content (AvgIpc) is 2.89. The first-order valence-electron chi connectivity index (χ1n) is 12.9. The van der Waals surface area contributed by atoms with Gasteiger partial charge in [-0.2, -0.15) is 0 Å². The summed E-state index contributed by atoms with van der Waals surface area (Å²) in [6, 6.07) is 21.5. The summed E-state index contributed by atoms with van der Waals surface area (Å²) in [5.41, 5.74) is 4.06. The van der Waals surface area contributed by atoms with Crippen LogP contribution in [0.2, 0.25) is 0 Å².